The molecule has 3 rings (SSSR count). The molecule has 0 unspecified atom stereocenters. The van der Waals surface area contributed by atoms with Crippen molar-refractivity contribution in [3.63, 3.8) is 0 Å². The molecule has 0 atom stereocenters. The van der Waals surface area contributed by atoms with Crippen LogP contribution in [0.1, 0.15) is 12.0 Å². The van der Waals surface area contributed by atoms with Crippen molar-refractivity contribution in [3.8, 4) is 6.07 Å². The molecule has 2 aliphatic heterocycles. The van der Waals surface area contributed by atoms with Gasteiger partial charge in [0.25, 0.3) is 5.91 Å². The second-order valence-electron chi connectivity index (χ2n) is 5.10. The molecule has 5 heteroatoms. The zero-order valence-corrected chi connectivity index (χ0v) is 11.8. The number of nitriles is 1. The summed E-state index contributed by atoms with van der Waals surface area (Å²) in [6, 6.07) is 9.32. The molecule has 0 bridgehead atoms. The maximum atomic E-state index is 12.7. The summed E-state index contributed by atoms with van der Waals surface area (Å²) in [5.74, 6) is 0.0123. The molecule has 1 fully saturated rings. The molecule has 0 saturated carbocycles. The third-order valence-electron chi connectivity index (χ3n) is 3.79. The maximum absolute atomic E-state index is 12.7. The number of carbonyl (C=O) groups excluding carboxylic acids is 1. The van der Waals surface area contributed by atoms with Gasteiger partial charge in [0.1, 0.15) is 0 Å². The predicted octanol–water partition coefficient (Wildman–Crippen LogP) is 1.51. The van der Waals surface area contributed by atoms with Gasteiger partial charge in [-0.3, -0.25) is 4.79 Å². The average Bonchev–Trinajstić information content (AvgIpc) is 2.56. The van der Waals surface area contributed by atoms with Crippen molar-refractivity contribution >= 4 is 11.6 Å². The number of nitrogens with zero attached hydrogens (tertiary/aromatic N) is 3. The van der Waals surface area contributed by atoms with Gasteiger partial charge in [-0.25, -0.2) is 0 Å². The number of rotatable bonds is 2. The number of ether oxygens (including phenoxy) is 1. The molecule has 2 heterocycles. The first-order valence-electron chi connectivity index (χ1n) is 7.14. The first-order valence-corrected chi connectivity index (χ1v) is 7.14. The van der Waals surface area contributed by atoms with Crippen molar-refractivity contribution in [2.75, 3.05) is 37.7 Å². The normalized spacial score (nSPS) is 19.2. The van der Waals surface area contributed by atoms with Crippen molar-refractivity contribution in [1.82, 2.24) is 4.90 Å². The Labute approximate surface area is 124 Å². The van der Waals surface area contributed by atoms with Crippen molar-refractivity contribution in [2.24, 2.45) is 0 Å². The van der Waals surface area contributed by atoms with Gasteiger partial charge in [0.2, 0.25) is 0 Å². The minimum absolute atomic E-state index is 0.0123. The van der Waals surface area contributed by atoms with Crippen LogP contribution >= 0.6 is 0 Å². The molecule has 1 aromatic rings. The van der Waals surface area contributed by atoms with Crippen molar-refractivity contribution in [2.45, 2.75) is 6.42 Å². The molecule has 0 aromatic heterocycles. The highest BCUT2D eigenvalue weighted by atomic mass is 16.5. The van der Waals surface area contributed by atoms with E-state index >= 15 is 0 Å². The Morgan fingerprint density at radius 2 is 2.00 bits per heavy atom. The molecule has 1 aromatic carbocycles. The summed E-state index contributed by atoms with van der Waals surface area (Å²) >= 11 is 0. The SMILES string of the molecule is N#Cc1cccc(N2CCC=C(N3CCOCC3)C2=O)c1. The largest absolute Gasteiger partial charge is 0.378 e. The Morgan fingerprint density at radius 1 is 1.19 bits per heavy atom. The fraction of sp³-hybridized carbons (Fsp3) is 0.375. The zero-order chi connectivity index (χ0) is 14.7. The average molecular weight is 283 g/mol. The van der Waals surface area contributed by atoms with E-state index in [1.54, 1.807) is 17.0 Å². The van der Waals surface area contributed by atoms with Gasteiger partial charge in [0.15, 0.2) is 0 Å². The van der Waals surface area contributed by atoms with Gasteiger partial charge in [-0.2, -0.15) is 5.26 Å². The van der Waals surface area contributed by atoms with Crippen LogP contribution in [-0.2, 0) is 9.53 Å². The van der Waals surface area contributed by atoms with Crippen LogP contribution in [0.5, 0.6) is 0 Å². The van der Waals surface area contributed by atoms with Crippen LogP contribution in [0.2, 0.25) is 0 Å². The van der Waals surface area contributed by atoms with Gasteiger partial charge in [0.05, 0.1) is 30.5 Å². The number of amides is 1. The number of morpholine rings is 1. The molecule has 0 radical (unpaired) electrons. The third-order valence-corrected chi connectivity index (χ3v) is 3.79. The highest BCUT2D eigenvalue weighted by Gasteiger charge is 2.28. The lowest BCUT2D eigenvalue weighted by molar-refractivity contribution is -0.117. The Bertz CT molecular complexity index is 612. The summed E-state index contributed by atoms with van der Waals surface area (Å²) in [6.07, 6.45) is 2.84. The van der Waals surface area contributed by atoms with Gasteiger partial charge in [-0.05, 0) is 24.6 Å². The fourth-order valence-corrected chi connectivity index (χ4v) is 2.72. The van der Waals surface area contributed by atoms with Crippen LogP contribution in [-0.4, -0.2) is 43.7 Å². The fourth-order valence-electron chi connectivity index (χ4n) is 2.72. The van der Waals surface area contributed by atoms with Crippen LogP contribution in [0, 0.1) is 11.3 Å². The van der Waals surface area contributed by atoms with E-state index in [1.807, 2.05) is 18.2 Å². The van der Waals surface area contributed by atoms with E-state index in [1.165, 1.54) is 0 Å². The Balaban J connectivity index is 1.83. The molecule has 1 amide bonds. The summed E-state index contributed by atoms with van der Waals surface area (Å²) in [5, 5.41) is 9.00. The van der Waals surface area contributed by atoms with Crippen LogP contribution in [0.15, 0.2) is 36.0 Å². The minimum atomic E-state index is 0.0123. The molecule has 0 spiro atoms. The number of benzene rings is 1. The van der Waals surface area contributed by atoms with Gasteiger partial charge < -0.3 is 14.5 Å². The second kappa shape index (κ2) is 5.98. The number of carbonyl (C=O) groups is 1. The second-order valence-corrected chi connectivity index (χ2v) is 5.10. The van der Waals surface area contributed by atoms with E-state index in [2.05, 4.69) is 11.0 Å². The van der Waals surface area contributed by atoms with Gasteiger partial charge in [-0.15, -0.1) is 0 Å². The quantitative estimate of drug-likeness (QED) is 0.825. The lowest BCUT2D eigenvalue weighted by Crippen LogP contribution is -2.45. The van der Waals surface area contributed by atoms with Crippen LogP contribution in [0.3, 0.4) is 0 Å². The van der Waals surface area contributed by atoms with Gasteiger partial charge in [-0.1, -0.05) is 12.1 Å². The smallest absolute Gasteiger partial charge is 0.274 e. The summed E-state index contributed by atoms with van der Waals surface area (Å²) in [5.41, 5.74) is 2.12. The minimum Gasteiger partial charge on any atom is -0.378 e. The monoisotopic (exact) mass is 283 g/mol. The first-order chi connectivity index (χ1) is 10.3. The summed E-state index contributed by atoms with van der Waals surface area (Å²) in [7, 11) is 0. The van der Waals surface area contributed by atoms with Crippen molar-refractivity contribution in [3.05, 3.63) is 41.6 Å². The van der Waals surface area contributed by atoms with E-state index in [0.717, 1.165) is 30.9 Å². The Morgan fingerprint density at radius 3 is 2.76 bits per heavy atom. The third kappa shape index (κ3) is 2.76. The molecule has 0 N–H and O–H groups in total. The van der Waals surface area contributed by atoms with E-state index in [0.29, 0.717) is 25.3 Å². The molecule has 1 saturated heterocycles. The van der Waals surface area contributed by atoms with Gasteiger partial charge in [0, 0.05) is 25.3 Å². The molecule has 0 aliphatic carbocycles. The number of hydrogen-bond donors (Lipinski definition) is 0. The Kier molecular flexibility index (Phi) is 3.89. The lowest BCUT2D eigenvalue weighted by Gasteiger charge is -2.35. The van der Waals surface area contributed by atoms with E-state index in [9.17, 15) is 4.79 Å². The standard InChI is InChI=1S/C16H17N3O2/c17-12-13-3-1-4-14(11-13)19-6-2-5-15(16(19)20)18-7-9-21-10-8-18/h1,3-5,11H,2,6-10H2. The lowest BCUT2D eigenvalue weighted by atomic mass is 10.1. The van der Waals surface area contributed by atoms with E-state index in [-0.39, 0.29) is 5.91 Å². The van der Waals surface area contributed by atoms with Gasteiger partial charge >= 0.3 is 0 Å². The van der Waals surface area contributed by atoms with E-state index in [4.69, 9.17) is 10.00 Å². The predicted molar refractivity (Wildman–Crippen MR) is 78.6 cm³/mol. The van der Waals surface area contributed by atoms with Crippen LogP contribution in [0.4, 0.5) is 5.69 Å². The van der Waals surface area contributed by atoms with E-state index < -0.39 is 0 Å². The van der Waals surface area contributed by atoms with Crippen molar-refractivity contribution in [1.29, 1.82) is 5.26 Å². The highest BCUT2D eigenvalue weighted by Crippen LogP contribution is 2.24. The molecule has 21 heavy (non-hydrogen) atoms. The topological polar surface area (TPSA) is 56.6 Å². The highest BCUT2D eigenvalue weighted by molar-refractivity contribution is 6.06. The zero-order valence-electron chi connectivity index (χ0n) is 11.8. The molecular weight excluding hydrogens is 266 g/mol. The summed E-state index contributed by atoms with van der Waals surface area (Å²) in [4.78, 5) is 16.6. The summed E-state index contributed by atoms with van der Waals surface area (Å²) in [6.45, 7) is 3.48. The molecular formula is C16H17N3O2. The molecule has 108 valence electrons. The number of hydrogen-bond acceptors (Lipinski definition) is 4. The van der Waals surface area contributed by atoms with Crippen LogP contribution < -0.4 is 4.90 Å². The Hall–Kier alpha value is -2.32. The van der Waals surface area contributed by atoms with Crippen LogP contribution in [0.25, 0.3) is 0 Å². The molecule has 5 nitrogen and oxygen atoms in total. The molecule has 2 aliphatic rings. The first kappa shape index (κ1) is 13.7. The maximum Gasteiger partial charge on any atom is 0.274 e. The number of anilines is 1. The van der Waals surface area contributed by atoms with Crippen molar-refractivity contribution < 1.29 is 9.53 Å². The summed E-state index contributed by atoms with van der Waals surface area (Å²) < 4.78 is 5.34.